The Morgan fingerprint density at radius 3 is 2.59 bits per heavy atom. The predicted molar refractivity (Wildman–Crippen MR) is 86.6 cm³/mol. The van der Waals surface area contributed by atoms with Gasteiger partial charge in [-0.15, -0.1) is 11.3 Å². The highest BCUT2D eigenvalue weighted by molar-refractivity contribution is 7.09. The second-order valence-corrected chi connectivity index (χ2v) is 6.64. The first-order valence-corrected chi connectivity index (χ1v) is 8.23. The maximum atomic E-state index is 12.6. The number of aromatic nitrogens is 1. The number of hydrogen-bond acceptors (Lipinski definition) is 4. The molecular weight excluding hydrogens is 294 g/mol. The summed E-state index contributed by atoms with van der Waals surface area (Å²) in [5, 5.41) is 12.2. The van der Waals surface area contributed by atoms with Crippen LogP contribution in [0, 0.1) is 18.3 Å². The molecule has 0 radical (unpaired) electrons. The summed E-state index contributed by atoms with van der Waals surface area (Å²) in [7, 11) is 0. The summed E-state index contributed by atoms with van der Waals surface area (Å²) in [5.41, 5.74) is 2.57. The molecule has 3 rings (SSSR count). The van der Waals surface area contributed by atoms with E-state index >= 15 is 0 Å². The lowest BCUT2D eigenvalue weighted by atomic mass is 10.1. The molecule has 5 heteroatoms. The van der Waals surface area contributed by atoms with Gasteiger partial charge in [-0.05, 0) is 38.8 Å². The monoisotopic (exact) mass is 311 g/mol. The first-order chi connectivity index (χ1) is 10.6. The van der Waals surface area contributed by atoms with Crippen LogP contribution in [-0.2, 0) is 0 Å². The summed E-state index contributed by atoms with van der Waals surface area (Å²) in [6.07, 6.45) is 1.99. The van der Waals surface area contributed by atoms with Gasteiger partial charge >= 0.3 is 0 Å². The minimum Gasteiger partial charge on any atom is -0.320 e. The Hall–Kier alpha value is -2.19. The molecule has 0 bridgehead atoms. The number of rotatable bonds is 4. The van der Waals surface area contributed by atoms with Gasteiger partial charge in [0.05, 0.1) is 16.8 Å². The fourth-order valence-corrected chi connectivity index (χ4v) is 3.12. The van der Waals surface area contributed by atoms with Crippen molar-refractivity contribution in [2.75, 3.05) is 0 Å². The predicted octanol–water partition coefficient (Wildman–Crippen LogP) is 3.64. The van der Waals surface area contributed by atoms with Crippen LogP contribution in [0.5, 0.6) is 0 Å². The summed E-state index contributed by atoms with van der Waals surface area (Å²) in [5.74, 6) is -0.0578. The minimum atomic E-state index is -0.388. The smallest absolute Gasteiger partial charge is 0.255 e. The summed E-state index contributed by atoms with van der Waals surface area (Å²) < 4.78 is 0. The van der Waals surface area contributed by atoms with Crippen molar-refractivity contribution in [3.05, 3.63) is 40.2 Å². The van der Waals surface area contributed by atoms with Gasteiger partial charge < -0.3 is 4.90 Å². The number of nitriles is 1. The van der Waals surface area contributed by atoms with E-state index in [0.29, 0.717) is 5.56 Å². The van der Waals surface area contributed by atoms with Crippen molar-refractivity contribution in [1.82, 2.24) is 9.88 Å². The van der Waals surface area contributed by atoms with Gasteiger partial charge in [-0.1, -0.05) is 12.1 Å². The molecule has 1 aliphatic carbocycles. The number of benzene rings is 1. The SMILES string of the molecule is Cc1nc(-c2ccc(C(=O)N(C(C)C#N)C3CC3)cc2)cs1. The van der Waals surface area contributed by atoms with Crippen LogP contribution < -0.4 is 0 Å². The molecule has 1 heterocycles. The highest BCUT2D eigenvalue weighted by atomic mass is 32.1. The van der Waals surface area contributed by atoms with Gasteiger partial charge in [0.2, 0.25) is 0 Å². The van der Waals surface area contributed by atoms with Crippen LogP contribution in [0.1, 0.15) is 35.1 Å². The van der Waals surface area contributed by atoms with Gasteiger partial charge in [-0.25, -0.2) is 4.98 Å². The van der Waals surface area contributed by atoms with Gasteiger partial charge in [0.15, 0.2) is 0 Å². The fraction of sp³-hybridized carbons (Fsp3) is 0.353. The Labute approximate surface area is 134 Å². The van der Waals surface area contributed by atoms with Gasteiger partial charge in [0.1, 0.15) is 6.04 Å². The number of nitrogens with zero attached hydrogens (tertiary/aromatic N) is 3. The van der Waals surface area contributed by atoms with Crippen LogP contribution in [0.15, 0.2) is 29.6 Å². The average molecular weight is 311 g/mol. The highest BCUT2D eigenvalue weighted by Gasteiger charge is 2.36. The van der Waals surface area contributed by atoms with Gasteiger partial charge in [0.25, 0.3) is 5.91 Å². The highest BCUT2D eigenvalue weighted by Crippen LogP contribution is 2.30. The summed E-state index contributed by atoms with van der Waals surface area (Å²) in [4.78, 5) is 18.8. The van der Waals surface area contributed by atoms with Crippen molar-refractivity contribution >= 4 is 17.2 Å². The van der Waals surface area contributed by atoms with Crippen LogP contribution in [0.4, 0.5) is 0 Å². The van der Waals surface area contributed by atoms with Crippen LogP contribution in [0.2, 0.25) is 0 Å². The fourth-order valence-electron chi connectivity index (χ4n) is 2.50. The maximum Gasteiger partial charge on any atom is 0.255 e. The first-order valence-electron chi connectivity index (χ1n) is 7.35. The molecule has 1 unspecified atom stereocenters. The Bertz CT molecular complexity index is 725. The quantitative estimate of drug-likeness (QED) is 0.866. The second-order valence-electron chi connectivity index (χ2n) is 5.58. The van der Waals surface area contributed by atoms with Gasteiger partial charge in [0, 0.05) is 22.5 Å². The van der Waals surface area contributed by atoms with Gasteiger partial charge in [-0.2, -0.15) is 5.26 Å². The molecule has 22 heavy (non-hydrogen) atoms. The minimum absolute atomic E-state index is 0.0578. The third-order valence-electron chi connectivity index (χ3n) is 3.83. The molecule has 1 amide bonds. The number of amides is 1. The molecule has 1 saturated carbocycles. The van der Waals surface area contributed by atoms with Crippen molar-refractivity contribution in [2.24, 2.45) is 0 Å². The zero-order valence-electron chi connectivity index (χ0n) is 12.6. The Kier molecular flexibility index (Phi) is 3.95. The van der Waals surface area contributed by atoms with Crippen molar-refractivity contribution < 1.29 is 4.79 Å². The Balaban J connectivity index is 1.82. The summed E-state index contributed by atoms with van der Waals surface area (Å²) in [6.45, 7) is 3.76. The topological polar surface area (TPSA) is 57.0 Å². The van der Waals surface area contributed by atoms with Crippen LogP contribution >= 0.6 is 11.3 Å². The number of hydrogen-bond donors (Lipinski definition) is 0. The van der Waals surface area contributed by atoms with Crippen molar-refractivity contribution in [2.45, 2.75) is 38.8 Å². The third kappa shape index (κ3) is 2.88. The lowest BCUT2D eigenvalue weighted by Crippen LogP contribution is -2.39. The molecular formula is C17H17N3OS. The van der Waals surface area contributed by atoms with E-state index in [1.165, 1.54) is 0 Å². The van der Waals surface area contributed by atoms with E-state index < -0.39 is 0 Å². The molecule has 1 atom stereocenters. The second kappa shape index (κ2) is 5.90. The molecule has 0 spiro atoms. The van der Waals surface area contributed by atoms with E-state index in [0.717, 1.165) is 29.1 Å². The Morgan fingerprint density at radius 1 is 1.41 bits per heavy atom. The maximum absolute atomic E-state index is 12.6. The molecule has 4 nitrogen and oxygen atoms in total. The van der Waals surface area contributed by atoms with E-state index in [2.05, 4.69) is 11.1 Å². The number of aryl methyl sites for hydroxylation is 1. The van der Waals surface area contributed by atoms with E-state index in [9.17, 15) is 4.79 Å². The number of carbonyl (C=O) groups is 1. The van der Waals surface area contributed by atoms with E-state index in [1.807, 2.05) is 36.6 Å². The molecule has 0 aliphatic heterocycles. The van der Waals surface area contributed by atoms with E-state index in [1.54, 1.807) is 23.2 Å². The Morgan fingerprint density at radius 2 is 2.09 bits per heavy atom. The number of carbonyl (C=O) groups excluding carboxylic acids is 1. The lowest BCUT2D eigenvalue weighted by Gasteiger charge is -2.24. The molecule has 112 valence electrons. The molecule has 0 saturated heterocycles. The molecule has 1 aliphatic rings. The van der Waals surface area contributed by atoms with E-state index in [4.69, 9.17) is 5.26 Å². The average Bonchev–Trinajstić information content (AvgIpc) is 3.27. The van der Waals surface area contributed by atoms with Crippen molar-refractivity contribution in [3.8, 4) is 17.3 Å². The van der Waals surface area contributed by atoms with Crippen molar-refractivity contribution in [3.63, 3.8) is 0 Å². The van der Waals surface area contributed by atoms with E-state index in [-0.39, 0.29) is 18.0 Å². The standard InChI is InChI=1S/C17H17N3OS/c1-11(9-18)20(15-7-8-15)17(21)14-5-3-13(4-6-14)16-10-22-12(2)19-16/h3-6,10-11,15H,7-8H2,1-2H3. The third-order valence-corrected chi connectivity index (χ3v) is 4.60. The summed E-state index contributed by atoms with van der Waals surface area (Å²) >= 11 is 1.61. The molecule has 1 aromatic carbocycles. The zero-order valence-corrected chi connectivity index (χ0v) is 13.4. The lowest BCUT2D eigenvalue weighted by molar-refractivity contribution is 0.0714. The van der Waals surface area contributed by atoms with Crippen LogP contribution in [0.3, 0.4) is 0 Å². The zero-order chi connectivity index (χ0) is 15.7. The molecule has 1 fully saturated rings. The van der Waals surface area contributed by atoms with Gasteiger partial charge in [-0.3, -0.25) is 4.79 Å². The summed E-state index contributed by atoms with van der Waals surface area (Å²) in [6, 6.07) is 9.50. The molecule has 1 aromatic heterocycles. The van der Waals surface area contributed by atoms with Crippen LogP contribution in [0.25, 0.3) is 11.3 Å². The number of thiazole rings is 1. The molecule has 2 aromatic rings. The molecule has 0 N–H and O–H groups in total. The van der Waals surface area contributed by atoms with Crippen LogP contribution in [-0.4, -0.2) is 27.9 Å². The first kappa shape index (κ1) is 14.7. The normalized spacial score (nSPS) is 15.1. The largest absolute Gasteiger partial charge is 0.320 e. The van der Waals surface area contributed by atoms with Crippen molar-refractivity contribution in [1.29, 1.82) is 5.26 Å².